The largest absolute Gasteiger partial charge is 0.496 e. The van der Waals surface area contributed by atoms with Crippen LogP contribution in [0.1, 0.15) is 55.0 Å². The van der Waals surface area contributed by atoms with E-state index in [0.717, 1.165) is 33.5 Å². The molecule has 3 N–H and O–H groups in total. The van der Waals surface area contributed by atoms with Crippen LogP contribution in [0.25, 0.3) is 17.2 Å². The zero-order valence-electron chi connectivity index (χ0n) is 20.7. The number of nitrogens with zero attached hydrogens (tertiary/aromatic N) is 1. The Morgan fingerprint density at radius 1 is 1.14 bits per heavy atom. The Morgan fingerprint density at radius 3 is 2.44 bits per heavy atom. The third-order valence-corrected chi connectivity index (χ3v) is 5.93. The molecule has 2 aromatic carbocycles. The molecule has 0 spiro atoms. The van der Waals surface area contributed by atoms with E-state index >= 15 is 0 Å². The van der Waals surface area contributed by atoms with Gasteiger partial charge in [0.15, 0.2) is 0 Å². The van der Waals surface area contributed by atoms with Gasteiger partial charge in [0.2, 0.25) is 0 Å². The summed E-state index contributed by atoms with van der Waals surface area (Å²) >= 11 is 0. The number of rotatable bonds is 11. The van der Waals surface area contributed by atoms with Gasteiger partial charge in [-0.1, -0.05) is 44.2 Å². The summed E-state index contributed by atoms with van der Waals surface area (Å²) in [6.45, 7) is 4.10. The second-order valence-electron chi connectivity index (χ2n) is 9.01. The van der Waals surface area contributed by atoms with Gasteiger partial charge in [-0.3, -0.25) is 9.78 Å². The van der Waals surface area contributed by atoms with Crippen molar-refractivity contribution in [3.8, 4) is 16.9 Å². The number of halogens is 1. The van der Waals surface area contributed by atoms with E-state index in [1.807, 2.05) is 38.1 Å². The van der Waals surface area contributed by atoms with Gasteiger partial charge >= 0.3 is 5.97 Å². The van der Waals surface area contributed by atoms with Crippen LogP contribution in [-0.2, 0) is 11.2 Å². The summed E-state index contributed by atoms with van der Waals surface area (Å²) in [4.78, 5) is 15.3. The van der Waals surface area contributed by atoms with Gasteiger partial charge in [0.25, 0.3) is 0 Å². The Bertz CT molecular complexity index is 1190. The number of aliphatic hydroxyl groups is 2. The van der Waals surface area contributed by atoms with E-state index in [9.17, 15) is 19.4 Å². The summed E-state index contributed by atoms with van der Waals surface area (Å²) in [7, 11) is 1.61. The van der Waals surface area contributed by atoms with Gasteiger partial charge in [0.05, 0.1) is 25.7 Å². The lowest BCUT2D eigenvalue weighted by Crippen LogP contribution is -2.19. The molecule has 3 aromatic rings. The highest BCUT2D eigenvalue weighted by molar-refractivity contribution is 5.83. The molecule has 1 aromatic heterocycles. The first-order chi connectivity index (χ1) is 17.2. The summed E-state index contributed by atoms with van der Waals surface area (Å²) in [5.74, 6) is -0.708. The van der Waals surface area contributed by atoms with Crippen molar-refractivity contribution in [1.29, 1.82) is 0 Å². The fourth-order valence-electron chi connectivity index (χ4n) is 4.23. The number of carboxylic acids is 1. The summed E-state index contributed by atoms with van der Waals surface area (Å²) in [6.07, 6.45) is 2.75. The number of pyridine rings is 1. The zero-order valence-corrected chi connectivity index (χ0v) is 20.7. The maximum atomic E-state index is 13.8. The van der Waals surface area contributed by atoms with Crippen molar-refractivity contribution in [3.05, 3.63) is 89.0 Å². The van der Waals surface area contributed by atoms with Crippen LogP contribution < -0.4 is 4.74 Å². The Labute approximate surface area is 210 Å². The van der Waals surface area contributed by atoms with Crippen LogP contribution in [0.15, 0.2) is 60.8 Å². The molecule has 0 bridgehead atoms. The summed E-state index contributed by atoms with van der Waals surface area (Å²) in [6, 6.07) is 13.9. The molecule has 0 radical (unpaired) electrons. The topological polar surface area (TPSA) is 99.9 Å². The van der Waals surface area contributed by atoms with Crippen molar-refractivity contribution in [3.63, 3.8) is 0 Å². The third-order valence-electron chi connectivity index (χ3n) is 5.93. The average Bonchev–Trinajstić information content (AvgIpc) is 2.83. The molecule has 0 fully saturated rings. The Morgan fingerprint density at radius 2 is 1.86 bits per heavy atom. The molecule has 0 aliphatic rings. The molecule has 0 aliphatic heterocycles. The van der Waals surface area contributed by atoms with Crippen LogP contribution in [0.2, 0.25) is 0 Å². The molecule has 1 heterocycles. The first kappa shape index (κ1) is 27.0. The van der Waals surface area contributed by atoms with Gasteiger partial charge < -0.3 is 20.1 Å². The molecule has 2 unspecified atom stereocenters. The lowest BCUT2D eigenvalue weighted by atomic mass is 9.84. The van der Waals surface area contributed by atoms with Crippen LogP contribution in [0.3, 0.4) is 0 Å². The molecular formula is C29H32FNO5. The van der Waals surface area contributed by atoms with E-state index in [-0.39, 0.29) is 18.2 Å². The molecule has 6 nitrogen and oxygen atoms in total. The maximum Gasteiger partial charge on any atom is 0.305 e. The number of hydrogen-bond donors (Lipinski definition) is 3. The fourth-order valence-corrected chi connectivity index (χ4v) is 4.23. The Hall–Kier alpha value is -3.55. The smallest absolute Gasteiger partial charge is 0.305 e. The van der Waals surface area contributed by atoms with Crippen molar-refractivity contribution >= 4 is 12.0 Å². The first-order valence-electron chi connectivity index (χ1n) is 11.8. The van der Waals surface area contributed by atoms with Gasteiger partial charge in [0.1, 0.15) is 11.6 Å². The van der Waals surface area contributed by atoms with Crippen molar-refractivity contribution in [2.45, 2.75) is 51.2 Å². The molecule has 2 atom stereocenters. The van der Waals surface area contributed by atoms with Gasteiger partial charge in [-0.2, -0.15) is 0 Å². The van der Waals surface area contributed by atoms with Gasteiger partial charge in [-0.15, -0.1) is 0 Å². The van der Waals surface area contributed by atoms with Crippen LogP contribution in [-0.4, -0.2) is 45.6 Å². The quantitative estimate of drug-likeness (QED) is 0.339. The summed E-state index contributed by atoms with van der Waals surface area (Å²) < 4.78 is 19.6. The highest BCUT2D eigenvalue weighted by atomic mass is 19.1. The summed E-state index contributed by atoms with van der Waals surface area (Å²) in [5, 5.41) is 29.3. The van der Waals surface area contributed by atoms with Gasteiger partial charge in [0, 0.05) is 30.3 Å². The van der Waals surface area contributed by atoms with E-state index in [4.69, 9.17) is 9.84 Å². The molecular weight excluding hydrogens is 461 g/mol. The molecule has 190 valence electrons. The monoisotopic (exact) mass is 493 g/mol. The first-order valence-corrected chi connectivity index (χ1v) is 11.8. The SMILES string of the molecule is COc1cc(C(C)C)c(C=CC(O)CC(O)CC(=O)O)c(-c2ccc(F)cc2)c1Cc1ccccn1. The predicted molar refractivity (Wildman–Crippen MR) is 137 cm³/mol. The van der Waals surface area contributed by atoms with Crippen molar-refractivity contribution in [1.82, 2.24) is 4.98 Å². The lowest BCUT2D eigenvalue weighted by Gasteiger charge is -2.23. The van der Waals surface area contributed by atoms with Gasteiger partial charge in [-0.25, -0.2) is 4.39 Å². The summed E-state index contributed by atoms with van der Waals surface area (Å²) in [5.41, 5.74) is 5.11. The van der Waals surface area contributed by atoms with Crippen LogP contribution in [0, 0.1) is 5.82 Å². The van der Waals surface area contributed by atoms with Crippen molar-refractivity contribution < 1.29 is 29.2 Å². The average molecular weight is 494 g/mol. The molecule has 0 aliphatic carbocycles. The number of ether oxygens (including phenoxy) is 1. The number of carbonyl (C=O) groups is 1. The van der Waals surface area contributed by atoms with Crippen molar-refractivity contribution in [2.75, 3.05) is 7.11 Å². The van der Waals surface area contributed by atoms with Crippen LogP contribution >= 0.6 is 0 Å². The minimum Gasteiger partial charge on any atom is -0.496 e. The maximum absolute atomic E-state index is 13.8. The fraction of sp³-hybridized carbons (Fsp3) is 0.310. The second kappa shape index (κ2) is 12.4. The van der Waals surface area contributed by atoms with Crippen LogP contribution in [0.5, 0.6) is 5.75 Å². The van der Waals surface area contributed by atoms with E-state index in [0.29, 0.717) is 12.2 Å². The number of aliphatic carboxylic acids is 1. The minimum atomic E-state index is -1.17. The van der Waals surface area contributed by atoms with Crippen molar-refractivity contribution in [2.24, 2.45) is 0 Å². The molecule has 36 heavy (non-hydrogen) atoms. The van der Waals surface area contributed by atoms with E-state index in [2.05, 4.69) is 4.98 Å². The molecule has 3 rings (SSSR count). The Kier molecular flexibility index (Phi) is 9.33. The zero-order chi connectivity index (χ0) is 26.2. The van der Waals surface area contributed by atoms with E-state index in [1.165, 1.54) is 12.1 Å². The highest BCUT2D eigenvalue weighted by Gasteiger charge is 2.22. The number of methoxy groups -OCH3 is 1. The number of aliphatic hydroxyl groups excluding tert-OH is 2. The number of hydrogen-bond acceptors (Lipinski definition) is 5. The number of carboxylic acid groups (broad SMARTS) is 1. The lowest BCUT2D eigenvalue weighted by molar-refractivity contribution is -0.139. The Balaban J connectivity index is 2.19. The second-order valence-corrected chi connectivity index (χ2v) is 9.01. The van der Waals surface area contributed by atoms with Gasteiger partial charge in [-0.05, 0) is 58.5 Å². The third kappa shape index (κ3) is 6.99. The van der Waals surface area contributed by atoms with E-state index < -0.39 is 24.6 Å². The van der Waals surface area contributed by atoms with Crippen LogP contribution in [0.4, 0.5) is 4.39 Å². The van der Waals surface area contributed by atoms with E-state index in [1.54, 1.807) is 37.6 Å². The number of benzene rings is 2. The standard InChI is InChI=1S/C29H32FNO5/c1-18(2)25-17-27(36-3)26(14-21-6-4-5-13-31-21)29(19-7-9-20(30)10-8-19)24(25)12-11-22(32)15-23(33)16-28(34)35/h4-13,17-18,22-23,32-33H,14-16H2,1-3H3,(H,34,35). The molecule has 0 amide bonds. The normalized spacial score (nSPS) is 13.2. The molecule has 0 saturated heterocycles. The molecule has 0 saturated carbocycles. The minimum absolute atomic E-state index is 0.0939. The molecule has 7 heteroatoms. The predicted octanol–water partition coefficient (Wildman–Crippen LogP) is 5.21. The number of aromatic nitrogens is 1. The highest BCUT2D eigenvalue weighted by Crippen LogP contribution is 2.41.